The first-order valence-electron chi connectivity index (χ1n) is 12.1. The quantitative estimate of drug-likeness (QED) is 0.324. The van der Waals surface area contributed by atoms with Crippen LogP contribution in [0.25, 0.3) is 22.3 Å². The number of halogens is 2. The van der Waals surface area contributed by atoms with Gasteiger partial charge in [-0.3, -0.25) is 4.79 Å². The number of ether oxygens (including phenoxy) is 1. The Kier molecular flexibility index (Phi) is 7.18. The van der Waals surface area contributed by atoms with Crippen LogP contribution in [-0.4, -0.2) is 40.6 Å². The molecule has 0 spiro atoms. The van der Waals surface area contributed by atoms with Crippen molar-refractivity contribution in [1.82, 2.24) is 20.3 Å². The van der Waals surface area contributed by atoms with Gasteiger partial charge in [0.1, 0.15) is 11.6 Å². The molecule has 3 heterocycles. The third kappa shape index (κ3) is 5.64. The Morgan fingerprint density at radius 1 is 1.08 bits per heavy atom. The fraction of sp³-hybridized carbons (Fsp3) is 0.259. The fourth-order valence-electron chi connectivity index (χ4n) is 4.14. The summed E-state index contributed by atoms with van der Waals surface area (Å²) in [5, 5.41) is 8.94. The number of rotatable bonds is 8. The zero-order valence-electron chi connectivity index (χ0n) is 20.2. The maximum absolute atomic E-state index is 14.9. The highest BCUT2D eigenvalue weighted by atomic mass is 19.1. The molecule has 5 rings (SSSR count). The van der Waals surface area contributed by atoms with E-state index in [1.165, 1.54) is 18.2 Å². The highest BCUT2D eigenvalue weighted by Gasteiger charge is 2.23. The average molecular weight is 505 g/mol. The smallest absolute Gasteiger partial charge is 0.245 e. The molecule has 0 bridgehead atoms. The number of nitrogens with zero attached hydrogens (tertiary/aromatic N) is 3. The second-order valence-corrected chi connectivity index (χ2v) is 8.70. The van der Waals surface area contributed by atoms with Gasteiger partial charge >= 0.3 is 0 Å². The van der Waals surface area contributed by atoms with E-state index in [4.69, 9.17) is 4.74 Å². The van der Waals surface area contributed by atoms with Crippen molar-refractivity contribution in [2.45, 2.75) is 19.9 Å². The Bertz CT molecular complexity index is 1420. The minimum atomic E-state index is -0.541. The van der Waals surface area contributed by atoms with E-state index in [0.717, 1.165) is 18.5 Å². The third-order valence-electron chi connectivity index (χ3n) is 6.11. The summed E-state index contributed by atoms with van der Waals surface area (Å²) in [5.41, 5.74) is 3.06. The lowest BCUT2D eigenvalue weighted by molar-refractivity contribution is -0.119. The molecule has 0 radical (unpaired) electrons. The van der Waals surface area contributed by atoms with E-state index in [-0.39, 0.29) is 23.3 Å². The van der Waals surface area contributed by atoms with Crippen molar-refractivity contribution in [2.24, 2.45) is 5.92 Å². The van der Waals surface area contributed by atoms with Crippen molar-refractivity contribution in [3.63, 3.8) is 0 Å². The van der Waals surface area contributed by atoms with Crippen molar-refractivity contribution < 1.29 is 18.3 Å². The molecule has 1 unspecified atom stereocenters. The molecule has 190 valence electrons. The normalized spacial score (nSPS) is 15.1. The molecular formula is C27H26F2N6O2. The third-order valence-corrected chi connectivity index (χ3v) is 6.11. The first-order chi connectivity index (χ1) is 18.0. The zero-order chi connectivity index (χ0) is 25.8. The number of anilines is 2. The SMILES string of the molecule is CCOc1nc(NCc2ccc(F)cc2)nc2ccc(-c3ccc(NC(=O)C4CCNC4)c(F)c3)nc12. The summed E-state index contributed by atoms with van der Waals surface area (Å²) in [4.78, 5) is 26.0. The Morgan fingerprint density at radius 3 is 2.65 bits per heavy atom. The molecule has 1 atom stereocenters. The lowest BCUT2D eigenvalue weighted by Gasteiger charge is -2.13. The summed E-state index contributed by atoms with van der Waals surface area (Å²) in [7, 11) is 0. The van der Waals surface area contributed by atoms with Crippen molar-refractivity contribution in [1.29, 1.82) is 0 Å². The Balaban J connectivity index is 1.38. The summed E-state index contributed by atoms with van der Waals surface area (Å²) in [6, 6.07) is 14.3. The van der Waals surface area contributed by atoms with E-state index >= 15 is 0 Å². The van der Waals surface area contributed by atoms with Crippen LogP contribution in [0.1, 0.15) is 18.9 Å². The van der Waals surface area contributed by atoms with Gasteiger partial charge in [-0.2, -0.15) is 4.98 Å². The molecule has 0 saturated carbocycles. The van der Waals surface area contributed by atoms with Gasteiger partial charge in [0, 0.05) is 18.7 Å². The summed E-state index contributed by atoms with van der Waals surface area (Å²) >= 11 is 0. The van der Waals surface area contributed by atoms with Crippen LogP contribution < -0.4 is 20.7 Å². The molecule has 1 aliphatic heterocycles. The second kappa shape index (κ2) is 10.8. The van der Waals surface area contributed by atoms with Gasteiger partial charge in [-0.25, -0.2) is 18.7 Å². The lowest BCUT2D eigenvalue weighted by atomic mass is 10.1. The zero-order valence-corrected chi connectivity index (χ0v) is 20.2. The Hall–Kier alpha value is -4.18. The van der Waals surface area contributed by atoms with Crippen molar-refractivity contribution in [3.05, 3.63) is 71.8 Å². The van der Waals surface area contributed by atoms with Gasteiger partial charge in [-0.15, -0.1) is 0 Å². The lowest BCUT2D eigenvalue weighted by Crippen LogP contribution is -2.25. The fourth-order valence-corrected chi connectivity index (χ4v) is 4.14. The standard InChI is InChI=1S/C27H26F2N6O2/c1-2-37-26-24-23(34-27(35-26)31-14-16-3-6-19(28)7-4-16)10-9-21(32-24)17-5-8-22(20(29)13-17)33-25(36)18-11-12-30-15-18/h3-10,13,18,30H,2,11-12,14-15H2,1H3,(H,33,36)(H,31,34,35). The Morgan fingerprint density at radius 2 is 1.92 bits per heavy atom. The monoisotopic (exact) mass is 504 g/mol. The van der Waals surface area contributed by atoms with Crippen LogP contribution in [0.4, 0.5) is 20.4 Å². The summed E-state index contributed by atoms with van der Waals surface area (Å²) in [6.07, 6.45) is 0.736. The van der Waals surface area contributed by atoms with Gasteiger partial charge in [0.2, 0.25) is 17.7 Å². The highest BCUT2D eigenvalue weighted by Crippen LogP contribution is 2.29. The van der Waals surface area contributed by atoms with Gasteiger partial charge in [0.05, 0.1) is 29.4 Å². The maximum Gasteiger partial charge on any atom is 0.245 e. The van der Waals surface area contributed by atoms with E-state index in [2.05, 4.69) is 30.9 Å². The van der Waals surface area contributed by atoms with Crippen molar-refractivity contribution in [2.75, 3.05) is 30.3 Å². The van der Waals surface area contributed by atoms with Crippen LogP contribution in [0.3, 0.4) is 0 Å². The molecule has 1 saturated heterocycles. The molecule has 1 amide bonds. The van der Waals surface area contributed by atoms with Crippen LogP contribution >= 0.6 is 0 Å². The van der Waals surface area contributed by atoms with Crippen LogP contribution in [-0.2, 0) is 11.3 Å². The second-order valence-electron chi connectivity index (χ2n) is 8.70. The van der Waals surface area contributed by atoms with Crippen LogP contribution in [0.15, 0.2) is 54.6 Å². The molecular weight excluding hydrogens is 478 g/mol. The average Bonchev–Trinajstić information content (AvgIpc) is 3.45. The van der Waals surface area contributed by atoms with E-state index < -0.39 is 5.82 Å². The number of carbonyl (C=O) groups excluding carboxylic acids is 1. The topological polar surface area (TPSA) is 101 Å². The van der Waals surface area contributed by atoms with Crippen molar-refractivity contribution >= 4 is 28.6 Å². The molecule has 0 aliphatic carbocycles. The predicted octanol–water partition coefficient (Wildman–Crippen LogP) is 4.53. The molecule has 37 heavy (non-hydrogen) atoms. The minimum absolute atomic E-state index is 0.136. The van der Waals surface area contributed by atoms with Gasteiger partial charge < -0.3 is 20.7 Å². The Labute approximate surface area is 212 Å². The number of aromatic nitrogens is 3. The number of nitrogens with one attached hydrogen (secondary N) is 3. The number of hydrogen-bond acceptors (Lipinski definition) is 7. The van der Waals surface area contributed by atoms with Gasteiger partial charge in [0.15, 0.2) is 5.52 Å². The number of amides is 1. The van der Waals surface area contributed by atoms with Crippen LogP contribution in [0.2, 0.25) is 0 Å². The van der Waals surface area contributed by atoms with Gasteiger partial charge in [-0.1, -0.05) is 18.2 Å². The molecule has 1 aliphatic rings. The predicted molar refractivity (Wildman–Crippen MR) is 137 cm³/mol. The first kappa shape index (κ1) is 24.5. The number of fused-ring (bicyclic) bond motifs is 1. The molecule has 2 aromatic carbocycles. The highest BCUT2D eigenvalue weighted by molar-refractivity contribution is 5.93. The van der Waals surface area contributed by atoms with Gasteiger partial charge in [0.25, 0.3) is 0 Å². The molecule has 8 nitrogen and oxygen atoms in total. The van der Waals surface area contributed by atoms with Gasteiger partial charge in [-0.05, 0) is 61.9 Å². The maximum atomic E-state index is 14.9. The van der Waals surface area contributed by atoms with E-state index in [0.29, 0.717) is 53.8 Å². The molecule has 10 heteroatoms. The summed E-state index contributed by atoms with van der Waals surface area (Å²) < 4.78 is 33.7. The van der Waals surface area contributed by atoms with E-state index in [1.54, 1.807) is 36.4 Å². The number of benzene rings is 2. The molecule has 4 aromatic rings. The first-order valence-corrected chi connectivity index (χ1v) is 12.1. The molecule has 2 aromatic heterocycles. The van der Waals surface area contributed by atoms with Crippen LogP contribution in [0.5, 0.6) is 5.88 Å². The number of hydrogen-bond donors (Lipinski definition) is 3. The van der Waals surface area contributed by atoms with E-state index in [9.17, 15) is 13.6 Å². The van der Waals surface area contributed by atoms with Crippen LogP contribution in [0, 0.1) is 17.6 Å². The number of pyridine rings is 1. The summed E-state index contributed by atoms with van der Waals surface area (Å²) in [6.45, 7) is 4.00. The number of carbonyl (C=O) groups is 1. The van der Waals surface area contributed by atoms with Crippen molar-refractivity contribution in [3.8, 4) is 17.1 Å². The van der Waals surface area contributed by atoms with E-state index in [1.807, 2.05) is 6.92 Å². The molecule has 3 N–H and O–H groups in total. The summed E-state index contributed by atoms with van der Waals surface area (Å²) in [5.74, 6) is -0.549. The largest absolute Gasteiger partial charge is 0.476 e. The molecule has 1 fully saturated rings. The minimum Gasteiger partial charge on any atom is -0.476 e.